The lowest BCUT2D eigenvalue weighted by atomic mass is 10.0. The predicted molar refractivity (Wildman–Crippen MR) is 85.0 cm³/mol. The summed E-state index contributed by atoms with van der Waals surface area (Å²) in [5, 5.41) is 0. The molecule has 2 atom stereocenters. The number of benzene rings is 1. The Balaban J connectivity index is 2.17. The predicted octanol–water partition coefficient (Wildman–Crippen LogP) is 3.48. The second kappa shape index (κ2) is 7.46. The summed E-state index contributed by atoms with van der Waals surface area (Å²) in [6.45, 7) is 5.82. The van der Waals surface area contributed by atoms with Gasteiger partial charge in [0.15, 0.2) is 11.6 Å². The maximum Gasteiger partial charge on any atom is 0.165 e. The van der Waals surface area contributed by atoms with Gasteiger partial charge in [-0.1, -0.05) is 6.92 Å². The highest BCUT2D eigenvalue weighted by molar-refractivity contribution is 5.61. The number of halogens is 2. The lowest BCUT2D eigenvalue weighted by molar-refractivity contribution is 0.236. The van der Waals surface area contributed by atoms with E-state index < -0.39 is 11.6 Å². The van der Waals surface area contributed by atoms with E-state index in [-0.39, 0.29) is 29.9 Å². The second-order valence-corrected chi connectivity index (χ2v) is 5.88. The van der Waals surface area contributed by atoms with E-state index in [1.807, 2.05) is 13.8 Å². The minimum absolute atomic E-state index is 0.0403. The van der Waals surface area contributed by atoms with Gasteiger partial charge in [-0.2, -0.15) is 0 Å². The van der Waals surface area contributed by atoms with E-state index in [9.17, 15) is 8.78 Å². The van der Waals surface area contributed by atoms with E-state index >= 15 is 0 Å². The molecular weight excluding hydrogens is 300 g/mol. The molecule has 0 aliphatic carbocycles. The molecule has 2 rings (SSSR count). The van der Waals surface area contributed by atoms with Crippen LogP contribution in [-0.4, -0.2) is 22.6 Å². The number of rotatable bonds is 6. The lowest BCUT2D eigenvalue weighted by Gasteiger charge is -2.16. The molecule has 0 spiro atoms. The zero-order valence-electron chi connectivity index (χ0n) is 13.5. The molecule has 0 amide bonds. The third-order valence-electron chi connectivity index (χ3n) is 3.37. The maximum absolute atomic E-state index is 14.3. The Hall–Kier alpha value is -2.08. The van der Waals surface area contributed by atoms with Crippen molar-refractivity contribution in [1.29, 1.82) is 0 Å². The van der Waals surface area contributed by atoms with Crippen molar-refractivity contribution in [2.45, 2.75) is 33.2 Å². The summed E-state index contributed by atoms with van der Waals surface area (Å²) in [4.78, 5) is 8.05. The smallest absolute Gasteiger partial charge is 0.165 e. The van der Waals surface area contributed by atoms with E-state index in [1.54, 1.807) is 6.92 Å². The molecule has 0 saturated heterocycles. The Kier molecular flexibility index (Phi) is 5.60. The molecule has 0 saturated carbocycles. The SMILES string of the molecule is Cc1nccc(-c2cc(F)c(OCC(C)CC(C)N)cc2F)n1. The van der Waals surface area contributed by atoms with E-state index in [1.165, 1.54) is 12.3 Å². The number of ether oxygens (including phenoxy) is 1. The highest BCUT2D eigenvalue weighted by atomic mass is 19.1. The van der Waals surface area contributed by atoms with Crippen LogP contribution in [0.25, 0.3) is 11.3 Å². The molecule has 0 aliphatic heterocycles. The van der Waals surface area contributed by atoms with Crippen LogP contribution in [0.5, 0.6) is 5.75 Å². The molecule has 0 fully saturated rings. The normalized spacial score (nSPS) is 13.7. The zero-order valence-corrected chi connectivity index (χ0v) is 13.5. The van der Waals surface area contributed by atoms with Crippen LogP contribution < -0.4 is 10.5 Å². The summed E-state index contributed by atoms with van der Waals surface area (Å²) < 4.78 is 33.8. The molecule has 2 aromatic rings. The number of nitrogens with zero attached hydrogens (tertiary/aromatic N) is 2. The van der Waals surface area contributed by atoms with Gasteiger partial charge in [0, 0.05) is 23.9 Å². The van der Waals surface area contributed by atoms with Gasteiger partial charge in [-0.15, -0.1) is 0 Å². The lowest BCUT2D eigenvalue weighted by Crippen LogP contribution is -2.21. The van der Waals surface area contributed by atoms with E-state index in [0.717, 1.165) is 18.6 Å². The Labute approximate surface area is 134 Å². The van der Waals surface area contributed by atoms with Crippen molar-refractivity contribution < 1.29 is 13.5 Å². The van der Waals surface area contributed by atoms with Gasteiger partial charge in [0.1, 0.15) is 11.6 Å². The molecule has 2 N–H and O–H groups in total. The minimum atomic E-state index is -0.620. The van der Waals surface area contributed by atoms with Crippen LogP contribution in [0, 0.1) is 24.5 Å². The minimum Gasteiger partial charge on any atom is -0.490 e. The van der Waals surface area contributed by atoms with Crippen LogP contribution >= 0.6 is 0 Å². The Bertz CT molecular complexity index is 677. The maximum atomic E-state index is 14.3. The topological polar surface area (TPSA) is 61.0 Å². The second-order valence-electron chi connectivity index (χ2n) is 5.88. The third kappa shape index (κ3) is 4.69. The van der Waals surface area contributed by atoms with Crippen molar-refractivity contribution >= 4 is 0 Å². The molecule has 0 radical (unpaired) electrons. The molecule has 0 bridgehead atoms. The van der Waals surface area contributed by atoms with E-state index in [4.69, 9.17) is 10.5 Å². The number of hydrogen-bond donors (Lipinski definition) is 1. The summed E-state index contributed by atoms with van der Waals surface area (Å²) in [5.74, 6) is -0.660. The molecule has 124 valence electrons. The van der Waals surface area contributed by atoms with Gasteiger partial charge in [0.25, 0.3) is 0 Å². The van der Waals surface area contributed by atoms with Gasteiger partial charge < -0.3 is 10.5 Å². The van der Waals surface area contributed by atoms with Gasteiger partial charge >= 0.3 is 0 Å². The van der Waals surface area contributed by atoms with Crippen LogP contribution in [0.1, 0.15) is 26.1 Å². The van der Waals surface area contributed by atoms with Gasteiger partial charge in [-0.25, -0.2) is 18.7 Å². The average Bonchev–Trinajstić information content (AvgIpc) is 2.47. The number of aromatic nitrogens is 2. The molecule has 1 aromatic heterocycles. The van der Waals surface area contributed by atoms with Gasteiger partial charge in [-0.3, -0.25) is 0 Å². The van der Waals surface area contributed by atoms with Crippen molar-refractivity contribution in [2.24, 2.45) is 11.7 Å². The Morgan fingerprint density at radius 2 is 1.96 bits per heavy atom. The van der Waals surface area contributed by atoms with Crippen LogP contribution in [-0.2, 0) is 0 Å². The first kappa shape index (κ1) is 17.3. The standard InChI is InChI=1S/C17H21F2N3O/c1-10(6-11(2)20)9-23-17-8-14(18)13(7-15(17)19)16-4-5-21-12(3)22-16/h4-5,7-8,10-11H,6,9,20H2,1-3H3. The fraction of sp³-hybridized carbons (Fsp3) is 0.412. The average molecular weight is 321 g/mol. The van der Waals surface area contributed by atoms with Crippen LogP contribution in [0.15, 0.2) is 24.4 Å². The zero-order chi connectivity index (χ0) is 17.0. The Morgan fingerprint density at radius 3 is 2.61 bits per heavy atom. The molecular formula is C17H21F2N3O. The highest BCUT2D eigenvalue weighted by Crippen LogP contribution is 2.28. The molecule has 0 aliphatic rings. The van der Waals surface area contributed by atoms with Crippen LogP contribution in [0.2, 0.25) is 0 Å². The molecule has 2 unspecified atom stereocenters. The largest absolute Gasteiger partial charge is 0.490 e. The van der Waals surface area contributed by atoms with Gasteiger partial charge in [0.2, 0.25) is 0 Å². The van der Waals surface area contributed by atoms with Gasteiger partial charge in [0.05, 0.1) is 12.3 Å². The van der Waals surface area contributed by atoms with Crippen molar-refractivity contribution in [3.63, 3.8) is 0 Å². The first-order valence-corrected chi connectivity index (χ1v) is 7.54. The van der Waals surface area contributed by atoms with Crippen molar-refractivity contribution in [3.05, 3.63) is 41.9 Å². The fourth-order valence-corrected chi connectivity index (χ4v) is 2.38. The Morgan fingerprint density at radius 1 is 1.22 bits per heavy atom. The van der Waals surface area contributed by atoms with Crippen molar-refractivity contribution in [1.82, 2.24) is 9.97 Å². The summed E-state index contributed by atoms with van der Waals surface area (Å²) in [7, 11) is 0. The molecule has 4 nitrogen and oxygen atoms in total. The number of nitrogens with two attached hydrogens (primary N) is 1. The first-order chi connectivity index (χ1) is 10.9. The summed E-state index contributed by atoms with van der Waals surface area (Å²) >= 11 is 0. The molecule has 6 heteroatoms. The quantitative estimate of drug-likeness (QED) is 0.885. The van der Waals surface area contributed by atoms with Crippen LogP contribution in [0.3, 0.4) is 0 Å². The van der Waals surface area contributed by atoms with E-state index in [0.29, 0.717) is 11.5 Å². The first-order valence-electron chi connectivity index (χ1n) is 7.54. The summed E-state index contributed by atoms with van der Waals surface area (Å²) in [5.41, 5.74) is 6.14. The van der Waals surface area contributed by atoms with Crippen molar-refractivity contribution in [2.75, 3.05) is 6.61 Å². The number of hydrogen-bond acceptors (Lipinski definition) is 4. The van der Waals surface area contributed by atoms with Gasteiger partial charge in [-0.05, 0) is 38.3 Å². The fourth-order valence-electron chi connectivity index (χ4n) is 2.38. The highest BCUT2D eigenvalue weighted by Gasteiger charge is 2.15. The monoisotopic (exact) mass is 321 g/mol. The summed E-state index contributed by atoms with van der Waals surface area (Å²) in [6, 6.07) is 3.73. The van der Waals surface area contributed by atoms with E-state index in [2.05, 4.69) is 9.97 Å². The van der Waals surface area contributed by atoms with Crippen LogP contribution in [0.4, 0.5) is 8.78 Å². The number of aryl methyl sites for hydroxylation is 1. The molecule has 1 aromatic carbocycles. The third-order valence-corrected chi connectivity index (χ3v) is 3.37. The van der Waals surface area contributed by atoms with Crippen molar-refractivity contribution in [3.8, 4) is 17.0 Å². The summed E-state index contributed by atoms with van der Waals surface area (Å²) in [6.07, 6.45) is 2.26. The molecule has 1 heterocycles. The molecule has 23 heavy (non-hydrogen) atoms.